The molecular formula is C42H53ClN3O6S2+. The number of aryl methyl sites for hydroxylation is 2. The van der Waals surface area contributed by atoms with Crippen LogP contribution in [-0.4, -0.2) is 44.0 Å². The summed E-state index contributed by atoms with van der Waals surface area (Å²) >= 11 is 6.61. The lowest BCUT2D eigenvalue weighted by atomic mass is 9.81. The van der Waals surface area contributed by atoms with Crippen LogP contribution >= 0.6 is 11.6 Å². The van der Waals surface area contributed by atoms with Gasteiger partial charge in [-0.15, -0.1) is 0 Å². The Balaban J connectivity index is 1.61. The molecule has 12 heteroatoms. The second-order valence-corrected chi connectivity index (χ2v) is 18.8. The van der Waals surface area contributed by atoms with E-state index < -0.39 is 31.4 Å². The first kappa shape index (κ1) is 41.6. The lowest BCUT2D eigenvalue weighted by Crippen LogP contribution is -2.35. The van der Waals surface area contributed by atoms with Crippen molar-refractivity contribution in [3.8, 4) is 0 Å². The van der Waals surface area contributed by atoms with Gasteiger partial charge in [0.15, 0.2) is 5.71 Å². The van der Waals surface area contributed by atoms with Crippen LogP contribution in [0.5, 0.6) is 0 Å². The largest absolute Gasteiger partial charge is 0.344 e. The summed E-state index contributed by atoms with van der Waals surface area (Å²) in [4.78, 5) is 7.31. The minimum atomic E-state index is -4.24. The normalized spacial score (nSPS) is 17.4. The van der Waals surface area contributed by atoms with E-state index in [2.05, 4.69) is 99.6 Å². The molecule has 0 spiro atoms. The summed E-state index contributed by atoms with van der Waals surface area (Å²) in [7, 11) is -8.34. The van der Waals surface area contributed by atoms with Crippen LogP contribution in [0.15, 0.2) is 89.7 Å². The Bertz CT molecular complexity index is 2240. The molecule has 3 aromatic rings. The minimum absolute atomic E-state index is 0.275. The molecule has 0 fully saturated rings. The number of hydrogen-bond donors (Lipinski definition) is 2. The third-order valence-electron chi connectivity index (χ3n) is 10.3. The number of halogens is 1. The quantitative estimate of drug-likeness (QED) is 0.0641. The lowest BCUT2D eigenvalue weighted by Gasteiger charge is -2.27. The highest BCUT2D eigenvalue weighted by Gasteiger charge is 2.43. The molecule has 0 saturated carbocycles. The number of anilines is 1. The molecule has 5 rings (SSSR count). The van der Waals surface area contributed by atoms with Gasteiger partial charge in [-0.05, 0) is 96.6 Å². The number of aromatic nitrogens is 1. The standard InChI is InChI=1S/C42H52ClN3O6S2/c1-7-9-22-45-28-34(43)27-36-40(45)44-38(41(36,3)4)20-17-32(33-15-12-14-30(25-33)13-8-2)18-21-39-42(5,6)35-26-31(29-54(50,51)52)16-19-37(35)46(39)23-10-11-24-53(47,48)49/h12,14-21,25-28H,7-11,13,22-24,29H2,1-6H3,(H-,47,48,49,50,51,52)/p+1. The number of pyridine rings is 1. The van der Waals surface area contributed by atoms with Crippen molar-refractivity contribution in [3.05, 3.63) is 118 Å². The van der Waals surface area contributed by atoms with Crippen molar-refractivity contribution < 1.29 is 30.5 Å². The molecular weight excluding hydrogens is 742 g/mol. The monoisotopic (exact) mass is 794 g/mol. The van der Waals surface area contributed by atoms with Gasteiger partial charge in [0.05, 0.1) is 28.3 Å². The zero-order valence-electron chi connectivity index (χ0n) is 32.1. The zero-order valence-corrected chi connectivity index (χ0v) is 34.5. The van der Waals surface area contributed by atoms with Gasteiger partial charge in [0.2, 0.25) is 0 Å². The molecule has 0 unspecified atom stereocenters. The van der Waals surface area contributed by atoms with Gasteiger partial charge in [-0.1, -0.05) is 101 Å². The van der Waals surface area contributed by atoms with Crippen molar-refractivity contribution in [1.82, 2.24) is 0 Å². The molecule has 2 N–H and O–H groups in total. The number of aliphatic imine (C=N–C) groups is 1. The highest BCUT2D eigenvalue weighted by Crippen LogP contribution is 2.48. The van der Waals surface area contributed by atoms with E-state index >= 15 is 0 Å². The zero-order chi connectivity index (χ0) is 39.5. The van der Waals surface area contributed by atoms with Gasteiger partial charge in [0, 0.05) is 23.3 Å². The van der Waals surface area contributed by atoms with Crippen molar-refractivity contribution in [2.75, 3.05) is 17.2 Å². The van der Waals surface area contributed by atoms with Crippen LogP contribution in [0.1, 0.15) is 101 Å². The summed E-state index contributed by atoms with van der Waals surface area (Å²) in [6, 6.07) is 15.9. The van der Waals surface area contributed by atoms with E-state index in [0.29, 0.717) is 23.6 Å². The third kappa shape index (κ3) is 9.78. The smallest absolute Gasteiger partial charge is 0.327 e. The Labute approximate surface area is 326 Å². The fourth-order valence-corrected chi connectivity index (χ4v) is 8.82. The highest BCUT2D eigenvalue weighted by molar-refractivity contribution is 7.85. The number of benzene rings is 2. The predicted octanol–water partition coefficient (Wildman–Crippen LogP) is 9.12. The summed E-state index contributed by atoms with van der Waals surface area (Å²) in [5.74, 6) is 0.0988. The van der Waals surface area contributed by atoms with Gasteiger partial charge in [0.25, 0.3) is 20.2 Å². The van der Waals surface area contributed by atoms with Crippen LogP contribution < -0.4 is 9.47 Å². The molecule has 54 heavy (non-hydrogen) atoms. The average molecular weight is 795 g/mol. The van der Waals surface area contributed by atoms with E-state index in [4.69, 9.17) is 16.6 Å². The molecule has 0 saturated heterocycles. The maximum atomic E-state index is 11.8. The Morgan fingerprint density at radius 3 is 2.33 bits per heavy atom. The minimum Gasteiger partial charge on any atom is -0.344 e. The first-order valence-electron chi connectivity index (χ1n) is 18.7. The van der Waals surface area contributed by atoms with Crippen LogP contribution in [0, 0.1) is 0 Å². The first-order chi connectivity index (χ1) is 25.3. The van der Waals surface area contributed by atoms with Crippen LogP contribution in [0.2, 0.25) is 5.02 Å². The molecule has 0 amide bonds. The van der Waals surface area contributed by atoms with Crippen molar-refractivity contribution in [1.29, 1.82) is 0 Å². The summed E-state index contributed by atoms with van der Waals surface area (Å²) in [5, 5.41) is 0.686. The highest BCUT2D eigenvalue weighted by atomic mass is 35.5. The van der Waals surface area contributed by atoms with Crippen molar-refractivity contribution in [2.24, 2.45) is 4.99 Å². The van der Waals surface area contributed by atoms with Gasteiger partial charge in [0.1, 0.15) is 11.9 Å². The van der Waals surface area contributed by atoms with Gasteiger partial charge in [-0.25, -0.2) is 4.57 Å². The van der Waals surface area contributed by atoms with Gasteiger partial charge < -0.3 is 4.90 Å². The maximum Gasteiger partial charge on any atom is 0.327 e. The van der Waals surface area contributed by atoms with Crippen LogP contribution in [-0.2, 0) is 49.8 Å². The average Bonchev–Trinajstić information content (AvgIpc) is 3.45. The topological polar surface area (TPSA) is 128 Å². The molecule has 0 atom stereocenters. The maximum absolute atomic E-state index is 11.8. The molecule has 0 radical (unpaired) electrons. The van der Waals surface area contributed by atoms with Crippen LogP contribution in [0.3, 0.4) is 0 Å². The van der Waals surface area contributed by atoms with E-state index in [1.165, 1.54) is 5.56 Å². The summed E-state index contributed by atoms with van der Waals surface area (Å²) < 4.78 is 67.7. The number of rotatable bonds is 16. The fraction of sp³-hybridized carbons (Fsp3) is 0.429. The van der Waals surface area contributed by atoms with Crippen molar-refractivity contribution in [2.45, 2.75) is 103 Å². The number of unbranched alkanes of at least 4 members (excludes halogenated alkanes) is 2. The summed E-state index contributed by atoms with van der Waals surface area (Å²) in [6.45, 7) is 14.1. The van der Waals surface area contributed by atoms with Gasteiger partial charge in [-0.3, -0.25) is 9.11 Å². The van der Waals surface area contributed by atoms with Crippen molar-refractivity contribution in [3.63, 3.8) is 0 Å². The Morgan fingerprint density at radius 2 is 1.65 bits per heavy atom. The summed E-state index contributed by atoms with van der Waals surface area (Å²) in [5.41, 5.74) is 7.51. The Morgan fingerprint density at radius 1 is 0.889 bits per heavy atom. The fourth-order valence-electron chi connectivity index (χ4n) is 7.42. The number of hydrogen-bond acceptors (Lipinski definition) is 6. The molecule has 1 aromatic heterocycles. The molecule has 0 aliphatic carbocycles. The van der Waals surface area contributed by atoms with E-state index in [-0.39, 0.29) is 17.6 Å². The first-order valence-corrected chi connectivity index (χ1v) is 22.3. The van der Waals surface area contributed by atoms with Crippen LogP contribution in [0.4, 0.5) is 11.5 Å². The van der Waals surface area contributed by atoms with Gasteiger partial charge in [-0.2, -0.15) is 16.8 Å². The molecule has 290 valence electrons. The third-order valence-corrected chi connectivity index (χ3v) is 12.1. The molecule has 0 bridgehead atoms. The lowest BCUT2D eigenvalue weighted by molar-refractivity contribution is -0.684. The Kier molecular flexibility index (Phi) is 12.8. The van der Waals surface area contributed by atoms with Crippen LogP contribution in [0.25, 0.3) is 5.57 Å². The predicted molar refractivity (Wildman–Crippen MR) is 220 cm³/mol. The van der Waals surface area contributed by atoms with Gasteiger partial charge >= 0.3 is 5.82 Å². The Hall–Kier alpha value is -3.61. The second kappa shape index (κ2) is 16.6. The SMILES string of the molecule is CCCC[n+]1cc(Cl)cc2c1N=C(/C=C/C(=C/C=C1/N(CCCCS(=O)(=O)O)c3ccc(CS(=O)(=O)O)cc3C1(C)C)c1cccc(CCC)c1)C2(C)C. The molecule has 2 aliphatic heterocycles. The van der Waals surface area contributed by atoms with E-state index in [0.717, 1.165) is 77.4 Å². The second-order valence-electron chi connectivity index (χ2n) is 15.4. The van der Waals surface area contributed by atoms with E-state index in [1.807, 2.05) is 24.4 Å². The number of allylic oxidation sites excluding steroid dienone is 6. The van der Waals surface area contributed by atoms with E-state index in [1.54, 1.807) is 6.07 Å². The molecule has 3 heterocycles. The molecule has 9 nitrogen and oxygen atoms in total. The number of fused-ring (bicyclic) bond motifs is 2. The summed E-state index contributed by atoms with van der Waals surface area (Å²) in [6.07, 6.45) is 15.2. The van der Waals surface area contributed by atoms with E-state index in [9.17, 15) is 25.9 Å². The molecule has 2 aliphatic rings. The number of nitrogens with zero attached hydrogens (tertiary/aromatic N) is 3. The molecule has 2 aromatic carbocycles. The van der Waals surface area contributed by atoms with Crippen molar-refractivity contribution >= 4 is 54.6 Å².